The van der Waals surface area contributed by atoms with Crippen LogP contribution < -0.4 is 16.4 Å². The van der Waals surface area contributed by atoms with Crippen molar-refractivity contribution < 1.29 is 22.8 Å². The van der Waals surface area contributed by atoms with E-state index < -0.39 is 23.7 Å². The van der Waals surface area contributed by atoms with E-state index in [2.05, 4.69) is 10.6 Å². The van der Waals surface area contributed by atoms with Gasteiger partial charge in [-0.15, -0.1) is 0 Å². The van der Waals surface area contributed by atoms with Crippen molar-refractivity contribution in [2.24, 2.45) is 5.73 Å². The molecule has 0 spiro atoms. The standard InChI is InChI=1S/C19H20F3N3O2/c1-2-5-16(23)18(27)25-15-9-4-8-14(11-15)24-17(26)12-6-3-7-13(10-12)19(20,21)22/h3-4,6-11,16H,2,5,23H2,1H3,(H,24,26)(H,25,27). The summed E-state index contributed by atoms with van der Waals surface area (Å²) in [5.74, 6) is -1.04. The molecule has 0 aliphatic heterocycles. The number of halogens is 3. The Morgan fingerprint density at radius 1 is 1.04 bits per heavy atom. The summed E-state index contributed by atoms with van der Waals surface area (Å²) >= 11 is 0. The summed E-state index contributed by atoms with van der Waals surface area (Å²) in [6.07, 6.45) is -3.22. The second-order valence-electron chi connectivity index (χ2n) is 6.00. The summed E-state index contributed by atoms with van der Waals surface area (Å²) < 4.78 is 38.3. The van der Waals surface area contributed by atoms with Crippen LogP contribution in [-0.2, 0) is 11.0 Å². The van der Waals surface area contributed by atoms with Crippen LogP contribution in [0.4, 0.5) is 24.5 Å². The van der Waals surface area contributed by atoms with E-state index in [-0.39, 0.29) is 11.5 Å². The molecule has 0 aromatic heterocycles. The lowest BCUT2D eigenvalue weighted by atomic mass is 10.1. The highest BCUT2D eigenvalue weighted by Gasteiger charge is 2.30. The van der Waals surface area contributed by atoms with Gasteiger partial charge in [0.2, 0.25) is 5.91 Å². The number of nitrogens with two attached hydrogens (primary N) is 1. The molecular weight excluding hydrogens is 359 g/mol. The molecule has 144 valence electrons. The molecule has 0 aliphatic carbocycles. The van der Waals surface area contributed by atoms with Crippen LogP contribution in [-0.4, -0.2) is 17.9 Å². The number of rotatable bonds is 6. The van der Waals surface area contributed by atoms with Crippen LogP contribution in [0.25, 0.3) is 0 Å². The molecule has 0 aliphatic rings. The van der Waals surface area contributed by atoms with Crippen LogP contribution in [0.1, 0.15) is 35.7 Å². The quantitative estimate of drug-likeness (QED) is 0.709. The third-order valence-electron chi connectivity index (χ3n) is 3.78. The number of nitrogens with one attached hydrogen (secondary N) is 2. The van der Waals surface area contributed by atoms with Gasteiger partial charge in [0.15, 0.2) is 0 Å². The van der Waals surface area contributed by atoms with Gasteiger partial charge < -0.3 is 16.4 Å². The molecule has 0 heterocycles. The van der Waals surface area contributed by atoms with Gasteiger partial charge in [0, 0.05) is 16.9 Å². The fourth-order valence-corrected chi connectivity index (χ4v) is 2.39. The summed E-state index contributed by atoms with van der Waals surface area (Å²) in [4.78, 5) is 24.2. The zero-order valence-electron chi connectivity index (χ0n) is 14.6. The minimum absolute atomic E-state index is 0.121. The second kappa shape index (κ2) is 8.68. The predicted molar refractivity (Wildman–Crippen MR) is 97.4 cm³/mol. The van der Waals surface area contributed by atoms with E-state index in [1.165, 1.54) is 18.2 Å². The van der Waals surface area contributed by atoms with Gasteiger partial charge in [-0.25, -0.2) is 0 Å². The molecule has 8 heteroatoms. The fourth-order valence-electron chi connectivity index (χ4n) is 2.39. The molecule has 0 radical (unpaired) electrons. The van der Waals surface area contributed by atoms with Crippen molar-refractivity contribution in [2.75, 3.05) is 10.6 Å². The molecule has 2 aromatic carbocycles. The molecule has 0 saturated heterocycles. The number of amides is 2. The minimum Gasteiger partial charge on any atom is -0.325 e. The van der Waals surface area contributed by atoms with E-state index in [9.17, 15) is 22.8 Å². The van der Waals surface area contributed by atoms with Gasteiger partial charge in [0.1, 0.15) is 0 Å². The first-order valence-electron chi connectivity index (χ1n) is 8.36. The summed E-state index contributed by atoms with van der Waals surface area (Å²) in [6.45, 7) is 1.91. The highest BCUT2D eigenvalue weighted by molar-refractivity contribution is 6.05. The number of anilines is 2. The highest BCUT2D eigenvalue weighted by Crippen LogP contribution is 2.29. The number of hydrogen-bond acceptors (Lipinski definition) is 3. The minimum atomic E-state index is -4.53. The summed E-state index contributed by atoms with van der Waals surface area (Å²) in [5, 5.41) is 5.16. The van der Waals surface area contributed by atoms with Crippen LogP contribution in [0.15, 0.2) is 48.5 Å². The maximum Gasteiger partial charge on any atom is 0.416 e. The first kappa shape index (κ1) is 20.4. The van der Waals surface area contributed by atoms with Gasteiger partial charge >= 0.3 is 6.18 Å². The molecule has 5 nitrogen and oxygen atoms in total. The van der Waals surface area contributed by atoms with Crippen molar-refractivity contribution in [2.45, 2.75) is 32.0 Å². The van der Waals surface area contributed by atoms with Gasteiger partial charge in [-0.05, 0) is 42.8 Å². The average molecular weight is 379 g/mol. The average Bonchev–Trinajstić information content (AvgIpc) is 2.61. The number of hydrogen-bond donors (Lipinski definition) is 3. The fraction of sp³-hybridized carbons (Fsp3) is 0.263. The Kier molecular flexibility index (Phi) is 6.57. The largest absolute Gasteiger partial charge is 0.416 e. The third-order valence-corrected chi connectivity index (χ3v) is 3.78. The first-order valence-corrected chi connectivity index (χ1v) is 8.36. The normalized spacial score (nSPS) is 12.3. The lowest BCUT2D eigenvalue weighted by Gasteiger charge is -2.13. The van der Waals surface area contributed by atoms with E-state index >= 15 is 0 Å². The van der Waals surface area contributed by atoms with Crippen LogP contribution in [0.3, 0.4) is 0 Å². The summed E-state index contributed by atoms with van der Waals surface area (Å²) in [6, 6.07) is 9.79. The molecule has 2 aromatic rings. The Hall–Kier alpha value is -2.87. The zero-order valence-corrected chi connectivity index (χ0v) is 14.6. The van der Waals surface area contributed by atoms with Gasteiger partial charge in [-0.1, -0.05) is 25.5 Å². The molecule has 0 saturated carbocycles. The third kappa shape index (κ3) is 5.82. The van der Waals surface area contributed by atoms with Crippen LogP contribution in [0.5, 0.6) is 0 Å². The number of alkyl halides is 3. The number of carbonyl (C=O) groups is 2. The van der Waals surface area contributed by atoms with Gasteiger partial charge in [-0.3, -0.25) is 9.59 Å². The maximum atomic E-state index is 12.8. The second-order valence-corrected chi connectivity index (χ2v) is 6.00. The predicted octanol–water partition coefficient (Wildman–Crippen LogP) is 4.02. The van der Waals surface area contributed by atoms with Crippen LogP contribution in [0, 0.1) is 0 Å². The van der Waals surface area contributed by atoms with E-state index in [1.807, 2.05) is 6.92 Å². The molecular formula is C19H20F3N3O2. The maximum absolute atomic E-state index is 12.8. The van der Waals surface area contributed by atoms with Crippen molar-refractivity contribution in [3.63, 3.8) is 0 Å². The van der Waals surface area contributed by atoms with Crippen LogP contribution >= 0.6 is 0 Å². The van der Waals surface area contributed by atoms with Gasteiger partial charge in [0.25, 0.3) is 5.91 Å². The molecule has 0 fully saturated rings. The molecule has 1 unspecified atom stereocenters. The Labute approximate surface area is 154 Å². The molecule has 0 bridgehead atoms. The lowest BCUT2D eigenvalue weighted by Crippen LogP contribution is -2.35. The first-order chi connectivity index (χ1) is 12.7. The van der Waals surface area contributed by atoms with Crippen molar-refractivity contribution in [3.05, 3.63) is 59.7 Å². The smallest absolute Gasteiger partial charge is 0.325 e. The topological polar surface area (TPSA) is 84.2 Å². The SMILES string of the molecule is CCCC(N)C(=O)Nc1cccc(NC(=O)c2cccc(C(F)(F)F)c2)c1. The number of benzene rings is 2. The molecule has 2 rings (SSSR count). The van der Waals surface area contributed by atoms with E-state index in [0.29, 0.717) is 17.8 Å². The Balaban J connectivity index is 2.10. The van der Waals surface area contributed by atoms with Crippen LogP contribution in [0.2, 0.25) is 0 Å². The van der Waals surface area contributed by atoms with Gasteiger partial charge in [-0.2, -0.15) is 13.2 Å². The van der Waals surface area contributed by atoms with Crippen molar-refractivity contribution in [1.29, 1.82) is 0 Å². The lowest BCUT2D eigenvalue weighted by molar-refractivity contribution is -0.137. The number of carbonyl (C=O) groups excluding carboxylic acids is 2. The Morgan fingerprint density at radius 2 is 1.67 bits per heavy atom. The van der Waals surface area contributed by atoms with E-state index in [4.69, 9.17) is 5.73 Å². The van der Waals surface area contributed by atoms with Crippen molar-refractivity contribution >= 4 is 23.2 Å². The van der Waals surface area contributed by atoms with E-state index in [1.54, 1.807) is 18.2 Å². The molecule has 27 heavy (non-hydrogen) atoms. The monoisotopic (exact) mass is 379 g/mol. The summed E-state index contributed by atoms with van der Waals surface area (Å²) in [7, 11) is 0. The Morgan fingerprint density at radius 3 is 2.30 bits per heavy atom. The van der Waals surface area contributed by atoms with Crippen molar-refractivity contribution in [3.8, 4) is 0 Å². The highest BCUT2D eigenvalue weighted by atomic mass is 19.4. The van der Waals surface area contributed by atoms with Gasteiger partial charge in [0.05, 0.1) is 11.6 Å². The van der Waals surface area contributed by atoms with E-state index in [0.717, 1.165) is 18.6 Å². The molecule has 1 atom stereocenters. The van der Waals surface area contributed by atoms with Crippen molar-refractivity contribution in [1.82, 2.24) is 0 Å². The summed E-state index contributed by atoms with van der Waals surface area (Å²) in [5.41, 5.74) is 5.48. The molecule has 2 amide bonds. The Bertz CT molecular complexity index is 822. The molecule has 4 N–H and O–H groups in total. The zero-order chi connectivity index (χ0) is 20.0.